The summed E-state index contributed by atoms with van der Waals surface area (Å²) in [6, 6.07) is 0. The van der Waals surface area contributed by atoms with Gasteiger partial charge in [-0.1, -0.05) is 167 Å². The number of carbonyl (C=O) groups excluding carboxylic acids is 2. The lowest BCUT2D eigenvalue weighted by molar-refractivity contribution is -0.143. The molecule has 0 aliphatic heterocycles. The topological polar surface area (TPSA) is 69.4 Å². The molecule has 0 aromatic carbocycles. The third kappa shape index (κ3) is 43.1. The summed E-state index contributed by atoms with van der Waals surface area (Å²) in [6.45, 7) is 6.92. The molecule has 0 fully saturated rings. The number of ether oxygens (including phenoxy) is 1. The van der Waals surface area contributed by atoms with Crippen molar-refractivity contribution in [3.05, 3.63) is 12.2 Å². The maximum absolute atomic E-state index is 11.2. The Kier molecular flexibility index (Phi) is 40.4. The average Bonchev–Trinajstić information content (AvgIpc) is 2.97. The van der Waals surface area contributed by atoms with Gasteiger partial charge >= 0.3 is 5.97 Å². The molecule has 0 radical (unpaired) electrons. The molecule has 0 atom stereocenters. The van der Waals surface area contributed by atoms with Crippen LogP contribution in [0.15, 0.2) is 12.2 Å². The summed E-state index contributed by atoms with van der Waals surface area (Å²) in [6.07, 6.45) is 42.9. The molecule has 4 nitrogen and oxygen atoms in total. The van der Waals surface area contributed by atoms with Crippen LogP contribution < -0.4 is 5.73 Å². The molecule has 0 aromatic heterocycles. The first-order valence-corrected chi connectivity index (χ1v) is 18.7. The number of unbranched alkanes of at least 4 members (excludes halogenated alkanes) is 25. The first kappa shape index (κ1) is 42.8. The maximum atomic E-state index is 11.2. The second kappa shape index (κ2) is 39.7. The summed E-state index contributed by atoms with van der Waals surface area (Å²) in [5, 5.41) is 0. The molecular formula is C38H75NO3. The molecule has 0 aliphatic rings. The fourth-order valence-electron chi connectivity index (χ4n) is 5.24. The summed E-state index contributed by atoms with van der Waals surface area (Å²) in [5.41, 5.74) is 5.10. The van der Waals surface area contributed by atoms with Crippen molar-refractivity contribution in [3.8, 4) is 0 Å². The van der Waals surface area contributed by atoms with Crippen molar-refractivity contribution in [2.45, 2.75) is 213 Å². The Bertz CT molecular complexity index is 561. The molecule has 1 amide bonds. The van der Waals surface area contributed by atoms with Crippen LogP contribution in [0.2, 0.25) is 0 Å². The highest BCUT2D eigenvalue weighted by Crippen LogP contribution is 2.14. The Morgan fingerprint density at radius 2 is 0.762 bits per heavy atom. The van der Waals surface area contributed by atoms with Gasteiger partial charge in [0.1, 0.15) is 0 Å². The van der Waals surface area contributed by atoms with Gasteiger partial charge in [-0.05, 0) is 45.4 Å². The highest BCUT2D eigenvalue weighted by molar-refractivity contribution is 5.73. The van der Waals surface area contributed by atoms with Gasteiger partial charge in [-0.15, -0.1) is 0 Å². The van der Waals surface area contributed by atoms with Gasteiger partial charge in [0, 0.05) is 12.8 Å². The molecule has 0 spiro atoms. The first-order chi connectivity index (χ1) is 20.6. The van der Waals surface area contributed by atoms with Crippen LogP contribution in [-0.4, -0.2) is 18.5 Å². The van der Waals surface area contributed by atoms with Crippen molar-refractivity contribution in [1.82, 2.24) is 0 Å². The number of carbonyl (C=O) groups is 2. The largest absolute Gasteiger partial charge is 0.466 e. The summed E-state index contributed by atoms with van der Waals surface area (Å²) < 4.78 is 4.92. The minimum atomic E-state index is -0.164. The zero-order valence-electron chi connectivity index (χ0n) is 28.9. The van der Waals surface area contributed by atoms with Crippen molar-refractivity contribution in [1.29, 1.82) is 0 Å². The molecule has 42 heavy (non-hydrogen) atoms. The molecule has 0 aromatic rings. The summed E-state index contributed by atoms with van der Waals surface area (Å²) in [7, 11) is 0. The van der Waals surface area contributed by atoms with E-state index in [1.165, 1.54) is 161 Å². The van der Waals surface area contributed by atoms with E-state index in [1.807, 2.05) is 6.92 Å². The van der Waals surface area contributed by atoms with E-state index >= 15 is 0 Å². The molecule has 0 unspecified atom stereocenters. The number of hydrogen-bond acceptors (Lipinski definition) is 3. The number of primary amides is 1. The van der Waals surface area contributed by atoms with Gasteiger partial charge in [0.15, 0.2) is 0 Å². The fraction of sp³-hybridized carbons (Fsp3) is 0.895. The van der Waals surface area contributed by atoms with Crippen LogP contribution in [0, 0.1) is 0 Å². The predicted octanol–water partition coefficient (Wildman–Crippen LogP) is 12.3. The lowest BCUT2D eigenvalue weighted by Crippen LogP contribution is -2.09. The van der Waals surface area contributed by atoms with Crippen LogP contribution in [0.3, 0.4) is 0 Å². The van der Waals surface area contributed by atoms with E-state index in [-0.39, 0.29) is 11.9 Å². The van der Waals surface area contributed by atoms with Crippen LogP contribution in [-0.2, 0) is 14.3 Å². The van der Waals surface area contributed by atoms with Crippen molar-refractivity contribution in [2.24, 2.45) is 5.73 Å². The molecule has 0 bridgehead atoms. The van der Waals surface area contributed by atoms with E-state index in [4.69, 9.17) is 10.5 Å². The van der Waals surface area contributed by atoms with E-state index < -0.39 is 0 Å². The van der Waals surface area contributed by atoms with Gasteiger partial charge in [-0.25, -0.2) is 0 Å². The Morgan fingerprint density at radius 3 is 1.10 bits per heavy atom. The third-order valence-electron chi connectivity index (χ3n) is 7.97. The molecule has 2 N–H and O–H groups in total. The Labute approximate surface area is 263 Å². The molecule has 0 saturated heterocycles. The van der Waals surface area contributed by atoms with Crippen LogP contribution in [0.4, 0.5) is 0 Å². The van der Waals surface area contributed by atoms with E-state index in [9.17, 15) is 9.59 Å². The monoisotopic (exact) mass is 594 g/mol. The fourth-order valence-corrected chi connectivity index (χ4v) is 5.24. The Morgan fingerprint density at radius 1 is 0.452 bits per heavy atom. The quantitative estimate of drug-likeness (QED) is 0.0479. The molecule has 4 heteroatoms. The third-order valence-corrected chi connectivity index (χ3v) is 7.97. The molecule has 0 heterocycles. The number of hydrogen-bond donors (Lipinski definition) is 1. The van der Waals surface area contributed by atoms with Crippen LogP contribution in [0.1, 0.15) is 213 Å². The van der Waals surface area contributed by atoms with Gasteiger partial charge in [0.25, 0.3) is 0 Å². The van der Waals surface area contributed by atoms with Gasteiger partial charge < -0.3 is 10.5 Å². The molecule has 0 aliphatic carbocycles. The number of allylic oxidation sites excluding steroid dienone is 2. The first-order valence-electron chi connectivity index (χ1n) is 18.7. The average molecular weight is 594 g/mol. The van der Waals surface area contributed by atoms with Gasteiger partial charge in [-0.3, -0.25) is 9.59 Å². The Balaban J connectivity index is 0. The normalized spacial score (nSPS) is 11.0. The van der Waals surface area contributed by atoms with Crippen LogP contribution >= 0.6 is 0 Å². The zero-order chi connectivity index (χ0) is 31.2. The number of nitrogens with two attached hydrogens (primary N) is 1. The van der Waals surface area contributed by atoms with Crippen LogP contribution in [0.25, 0.3) is 0 Å². The second-order valence-electron chi connectivity index (χ2n) is 12.3. The van der Waals surface area contributed by atoms with Gasteiger partial charge in [0.2, 0.25) is 5.91 Å². The standard InChI is InChI=1S/C20H40O2.C18H35NO/c1-3-5-6-7-8-9-10-11-12-13-14-15-16-17-18-19-20(21)22-4-2;1-2-3-4-5-6-7-8-9-10-11-12-13-14-15-16-17-18(19)20/h3-19H2,1-2H3;9-10H,2-8,11-17H2,1H3,(H2,19,20). The Hall–Kier alpha value is -1.32. The van der Waals surface area contributed by atoms with Crippen molar-refractivity contribution < 1.29 is 14.3 Å². The number of esters is 1. The molecule has 0 saturated carbocycles. The maximum Gasteiger partial charge on any atom is 0.305 e. The molecular weight excluding hydrogens is 518 g/mol. The molecule has 250 valence electrons. The number of rotatable bonds is 32. The van der Waals surface area contributed by atoms with E-state index in [2.05, 4.69) is 26.0 Å². The van der Waals surface area contributed by atoms with Crippen molar-refractivity contribution in [3.63, 3.8) is 0 Å². The minimum absolute atomic E-state index is 0.0304. The van der Waals surface area contributed by atoms with Crippen molar-refractivity contribution >= 4 is 11.9 Å². The minimum Gasteiger partial charge on any atom is -0.466 e. The summed E-state index contributed by atoms with van der Waals surface area (Å²) >= 11 is 0. The van der Waals surface area contributed by atoms with E-state index in [0.29, 0.717) is 19.4 Å². The van der Waals surface area contributed by atoms with Crippen molar-refractivity contribution in [2.75, 3.05) is 6.61 Å². The van der Waals surface area contributed by atoms with Crippen LogP contribution in [0.5, 0.6) is 0 Å². The summed E-state index contributed by atoms with van der Waals surface area (Å²) in [5.74, 6) is -0.195. The smallest absolute Gasteiger partial charge is 0.305 e. The SMILES string of the molecule is CCCCCCCCC=CCCCCCCCC(N)=O.CCCCCCCCCCCCCCCCCC(=O)OCC. The summed E-state index contributed by atoms with van der Waals surface area (Å²) in [4.78, 5) is 21.7. The van der Waals surface area contributed by atoms with E-state index in [0.717, 1.165) is 19.3 Å². The lowest BCUT2D eigenvalue weighted by atomic mass is 10.0. The second-order valence-corrected chi connectivity index (χ2v) is 12.3. The van der Waals surface area contributed by atoms with Gasteiger partial charge in [0.05, 0.1) is 6.61 Å². The number of amides is 1. The van der Waals surface area contributed by atoms with Gasteiger partial charge in [-0.2, -0.15) is 0 Å². The van der Waals surface area contributed by atoms with E-state index in [1.54, 1.807) is 0 Å². The lowest BCUT2D eigenvalue weighted by Gasteiger charge is -2.03. The zero-order valence-corrected chi connectivity index (χ0v) is 28.9. The predicted molar refractivity (Wildman–Crippen MR) is 185 cm³/mol. The highest BCUT2D eigenvalue weighted by Gasteiger charge is 2.00. The highest BCUT2D eigenvalue weighted by atomic mass is 16.5. The molecule has 0 rings (SSSR count).